The number of anilines is 1. The molecule has 0 saturated carbocycles. The Balaban J connectivity index is 1.68. The van der Waals surface area contributed by atoms with Crippen molar-refractivity contribution < 1.29 is 27.1 Å². The minimum atomic E-state index is -3.82. The number of hydrogen-bond acceptors (Lipinski definition) is 5. The average Bonchev–Trinajstić information content (AvgIpc) is 2.77. The maximum absolute atomic E-state index is 13.6. The van der Waals surface area contributed by atoms with E-state index >= 15 is 0 Å². The maximum atomic E-state index is 13.6. The van der Waals surface area contributed by atoms with Crippen molar-refractivity contribution in [2.24, 2.45) is 0 Å². The van der Waals surface area contributed by atoms with Crippen molar-refractivity contribution in [2.75, 3.05) is 18.0 Å². The SMILES string of the molecule is CN(c1ccccc1)S(=O)(=O)c1ccc(C(=O)OCC(=O)c2ccccc2F)cc1. The summed E-state index contributed by atoms with van der Waals surface area (Å²) in [5.41, 5.74) is 0.390. The molecule has 0 fully saturated rings. The topological polar surface area (TPSA) is 80.8 Å². The number of benzene rings is 3. The zero-order valence-corrected chi connectivity index (χ0v) is 16.8. The van der Waals surface area contributed by atoms with Crippen LogP contribution in [0, 0.1) is 5.82 Å². The number of sulfonamides is 1. The molecular weight excluding hydrogens is 409 g/mol. The minimum absolute atomic E-state index is 0.00663. The summed E-state index contributed by atoms with van der Waals surface area (Å²) in [6.07, 6.45) is 0. The fourth-order valence-corrected chi connectivity index (χ4v) is 3.87. The Morgan fingerprint density at radius 2 is 1.50 bits per heavy atom. The van der Waals surface area contributed by atoms with Gasteiger partial charge in [0.1, 0.15) is 5.82 Å². The summed E-state index contributed by atoms with van der Waals surface area (Å²) >= 11 is 0. The first-order chi connectivity index (χ1) is 14.3. The van der Waals surface area contributed by atoms with Gasteiger partial charge in [-0.15, -0.1) is 0 Å². The molecule has 0 atom stereocenters. The van der Waals surface area contributed by atoms with Gasteiger partial charge in [-0.05, 0) is 48.5 Å². The smallest absolute Gasteiger partial charge is 0.338 e. The summed E-state index contributed by atoms with van der Waals surface area (Å²) in [6.45, 7) is -0.628. The highest BCUT2D eigenvalue weighted by Gasteiger charge is 2.22. The molecule has 154 valence electrons. The number of ketones is 1. The van der Waals surface area contributed by atoms with E-state index in [2.05, 4.69) is 0 Å². The van der Waals surface area contributed by atoms with Gasteiger partial charge in [0.2, 0.25) is 5.78 Å². The largest absolute Gasteiger partial charge is 0.454 e. The van der Waals surface area contributed by atoms with Crippen LogP contribution < -0.4 is 4.31 Å². The number of Topliss-reactive ketones (excluding diaryl/α,β-unsaturated/α-hetero) is 1. The molecule has 0 radical (unpaired) electrons. The second kappa shape index (κ2) is 8.87. The first-order valence-electron chi connectivity index (χ1n) is 8.89. The van der Waals surface area contributed by atoms with Crippen LogP contribution in [0.4, 0.5) is 10.1 Å². The monoisotopic (exact) mass is 427 g/mol. The van der Waals surface area contributed by atoms with E-state index in [1.807, 2.05) is 0 Å². The molecular formula is C22H18FNO5S. The van der Waals surface area contributed by atoms with Crippen LogP contribution in [0.5, 0.6) is 0 Å². The zero-order valence-electron chi connectivity index (χ0n) is 16.0. The molecule has 0 bridgehead atoms. The van der Waals surface area contributed by atoms with Gasteiger partial charge in [-0.2, -0.15) is 0 Å². The fourth-order valence-electron chi connectivity index (χ4n) is 2.68. The van der Waals surface area contributed by atoms with E-state index in [1.165, 1.54) is 49.5 Å². The van der Waals surface area contributed by atoms with E-state index in [4.69, 9.17) is 4.74 Å². The lowest BCUT2D eigenvalue weighted by molar-refractivity contribution is 0.0473. The average molecular weight is 427 g/mol. The van der Waals surface area contributed by atoms with E-state index in [-0.39, 0.29) is 16.0 Å². The molecule has 6 nitrogen and oxygen atoms in total. The molecule has 0 unspecified atom stereocenters. The highest BCUT2D eigenvalue weighted by atomic mass is 32.2. The Labute approximate surface area is 173 Å². The first kappa shape index (κ1) is 21.2. The Morgan fingerprint density at radius 1 is 0.900 bits per heavy atom. The standard InChI is InChI=1S/C22H18FNO5S/c1-24(17-7-3-2-4-8-17)30(27,28)18-13-11-16(12-14-18)22(26)29-15-21(25)19-9-5-6-10-20(19)23/h2-14H,15H2,1H3. The van der Waals surface area contributed by atoms with Crippen LogP contribution in [-0.4, -0.2) is 33.8 Å². The van der Waals surface area contributed by atoms with Crippen molar-refractivity contribution in [1.29, 1.82) is 0 Å². The predicted octanol–water partition coefficient (Wildman–Crippen LogP) is 3.69. The van der Waals surface area contributed by atoms with Crippen LogP contribution in [-0.2, 0) is 14.8 Å². The van der Waals surface area contributed by atoms with Gasteiger partial charge < -0.3 is 4.74 Å². The maximum Gasteiger partial charge on any atom is 0.338 e. The number of nitrogens with zero attached hydrogens (tertiary/aromatic N) is 1. The second-order valence-electron chi connectivity index (χ2n) is 6.31. The third-order valence-corrected chi connectivity index (χ3v) is 6.18. The van der Waals surface area contributed by atoms with E-state index in [0.717, 1.165) is 10.4 Å². The Bertz CT molecular complexity index is 1160. The summed E-state index contributed by atoms with van der Waals surface area (Å²) in [6, 6.07) is 19.1. The highest BCUT2D eigenvalue weighted by Crippen LogP contribution is 2.22. The number of hydrogen-bond donors (Lipinski definition) is 0. The van der Waals surface area contributed by atoms with Gasteiger partial charge in [-0.25, -0.2) is 17.6 Å². The van der Waals surface area contributed by atoms with Crippen LogP contribution in [0.1, 0.15) is 20.7 Å². The molecule has 0 aliphatic carbocycles. The fraction of sp³-hybridized carbons (Fsp3) is 0.0909. The molecule has 0 heterocycles. The summed E-state index contributed by atoms with van der Waals surface area (Å²) in [4.78, 5) is 24.1. The van der Waals surface area contributed by atoms with Crippen molar-refractivity contribution in [1.82, 2.24) is 0 Å². The van der Waals surface area contributed by atoms with E-state index in [9.17, 15) is 22.4 Å². The van der Waals surface area contributed by atoms with Gasteiger partial charge >= 0.3 is 5.97 Å². The van der Waals surface area contributed by atoms with E-state index in [0.29, 0.717) is 5.69 Å². The van der Waals surface area contributed by atoms with Gasteiger partial charge in [0, 0.05) is 7.05 Å². The number of carbonyl (C=O) groups excluding carboxylic acids is 2. The summed E-state index contributed by atoms with van der Waals surface area (Å²) in [7, 11) is -2.38. The van der Waals surface area contributed by atoms with Gasteiger partial charge in [0.05, 0.1) is 21.7 Å². The Morgan fingerprint density at radius 3 is 2.13 bits per heavy atom. The quantitative estimate of drug-likeness (QED) is 0.424. The second-order valence-corrected chi connectivity index (χ2v) is 8.28. The summed E-state index contributed by atoms with van der Waals surface area (Å²) in [5, 5.41) is 0. The molecule has 0 spiro atoms. The number of halogens is 1. The highest BCUT2D eigenvalue weighted by molar-refractivity contribution is 7.92. The van der Waals surface area contributed by atoms with Crippen molar-refractivity contribution in [3.8, 4) is 0 Å². The summed E-state index contributed by atoms with van der Waals surface area (Å²) < 4.78 is 45.2. The lowest BCUT2D eigenvalue weighted by Gasteiger charge is -2.19. The number of para-hydroxylation sites is 1. The van der Waals surface area contributed by atoms with Gasteiger partial charge in [-0.1, -0.05) is 30.3 Å². The minimum Gasteiger partial charge on any atom is -0.454 e. The Kier molecular flexibility index (Phi) is 6.27. The van der Waals surface area contributed by atoms with Gasteiger partial charge in [-0.3, -0.25) is 9.10 Å². The van der Waals surface area contributed by atoms with Crippen LogP contribution in [0.25, 0.3) is 0 Å². The molecule has 0 amide bonds. The first-order valence-corrected chi connectivity index (χ1v) is 10.3. The zero-order chi connectivity index (χ0) is 21.7. The van der Waals surface area contributed by atoms with Crippen molar-refractivity contribution in [3.05, 3.63) is 95.8 Å². The van der Waals surface area contributed by atoms with Gasteiger partial charge in [0.25, 0.3) is 10.0 Å². The van der Waals surface area contributed by atoms with E-state index < -0.39 is 34.2 Å². The number of rotatable bonds is 7. The van der Waals surface area contributed by atoms with Crippen molar-refractivity contribution >= 4 is 27.5 Å². The molecule has 8 heteroatoms. The predicted molar refractivity (Wildman–Crippen MR) is 109 cm³/mol. The molecule has 30 heavy (non-hydrogen) atoms. The van der Waals surface area contributed by atoms with Crippen molar-refractivity contribution in [2.45, 2.75) is 4.90 Å². The summed E-state index contributed by atoms with van der Waals surface area (Å²) in [5.74, 6) is -2.19. The third kappa shape index (κ3) is 4.55. The lowest BCUT2D eigenvalue weighted by atomic mass is 10.1. The third-order valence-electron chi connectivity index (χ3n) is 4.38. The number of carbonyl (C=O) groups is 2. The number of esters is 1. The van der Waals surface area contributed by atoms with Crippen molar-refractivity contribution in [3.63, 3.8) is 0 Å². The molecule has 0 aliphatic rings. The van der Waals surface area contributed by atoms with Gasteiger partial charge in [0.15, 0.2) is 6.61 Å². The molecule has 3 aromatic carbocycles. The normalized spacial score (nSPS) is 11.0. The van der Waals surface area contributed by atoms with Crippen LogP contribution >= 0.6 is 0 Å². The number of ether oxygens (including phenoxy) is 1. The lowest BCUT2D eigenvalue weighted by Crippen LogP contribution is -2.26. The van der Waals surface area contributed by atoms with E-state index in [1.54, 1.807) is 30.3 Å². The van der Waals surface area contributed by atoms with Crippen LogP contribution in [0.3, 0.4) is 0 Å². The van der Waals surface area contributed by atoms with Crippen LogP contribution in [0.15, 0.2) is 83.8 Å². The molecule has 0 aliphatic heterocycles. The Hall–Kier alpha value is -3.52. The molecule has 0 N–H and O–H groups in total. The molecule has 3 rings (SSSR count). The molecule has 0 saturated heterocycles. The van der Waals surface area contributed by atoms with Crippen LogP contribution in [0.2, 0.25) is 0 Å². The molecule has 0 aromatic heterocycles. The molecule has 3 aromatic rings.